The number of allylic oxidation sites excluding steroid dienone is 1. The number of carbonyl (C=O) groups excluding carboxylic acids is 2. The molecule has 32 heavy (non-hydrogen) atoms. The van der Waals surface area contributed by atoms with Crippen molar-refractivity contribution in [2.45, 2.75) is 0 Å². The minimum Gasteiger partial charge on any atom is -0.321 e. The van der Waals surface area contributed by atoms with Gasteiger partial charge in [-0.25, -0.2) is 5.10 Å². The van der Waals surface area contributed by atoms with Gasteiger partial charge in [-0.05, 0) is 17.7 Å². The molecule has 0 radical (unpaired) electrons. The molecular weight excluding hydrogens is 402 g/mol. The molecule has 1 aliphatic heterocycles. The second-order valence-corrected chi connectivity index (χ2v) is 7.31. The zero-order valence-corrected chi connectivity index (χ0v) is 16.8. The Balaban J connectivity index is 1.74. The number of hydrogen-bond acceptors (Lipinski definition) is 4. The molecule has 0 spiro atoms. The Kier molecular flexibility index (Phi) is 4.80. The largest absolute Gasteiger partial charge is 0.321 e. The fourth-order valence-corrected chi connectivity index (χ4v) is 3.86. The van der Waals surface area contributed by atoms with Crippen LogP contribution in [0.15, 0.2) is 95.8 Å². The standard InChI is InChI=1S/C26H17N3O3/c30-21(15-19-18-13-7-8-14-20(18)27-25(19)31)23-22(16-9-3-1-4-10-16)24(28-29-26(23)32)17-11-5-2-6-12-17/h1-15H,(H,27,31)(H,29,32)/b19-15+. The number of ketones is 1. The maximum absolute atomic E-state index is 13.5. The van der Waals surface area contributed by atoms with Crippen LogP contribution in [0.1, 0.15) is 15.9 Å². The minimum absolute atomic E-state index is 0.0604. The molecule has 4 aromatic rings. The number of amides is 1. The fourth-order valence-electron chi connectivity index (χ4n) is 3.86. The number of H-pyrrole nitrogens is 1. The summed E-state index contributed by atoms with van der Waals surface area (Å²) < 4.78 is 0. The predicted molar refractivity (Wildman–Crippen MR) is 123 cm³/mol. The van der Waals surface area contributed by atoms with Crippen molar-refractivity contribution in [3.05, 3.63) is 112 Å². The van der Waals surface area contributed by atoms with Crippen molar-refractivity contribution in [3.8, 4) is 22.4 Å². The smallest absolute Gasteiger partial charge is 0.276 e. The van der Waals surface area contributed by atoms with E-state index in [1.54, 1.807) is 24.3 Å². The highest BCUT2D eigenvalue weighted by Crippen LogP contribution is 2.34. The molecule has 3 aromatic carbocycles. The van der Waals surface area contributed by atoms with Gasteiger partial charge in [0.15, 0.2) is 5.78 Å². The third-order valence-electron chi connectivity index (χ3n) is 5.32. The summed E-state index contributed by atoms with van der Waals surface area (Å²) in [5, 5.41) is 9.46. The first kappa shape index (κ1) is 19.4. The Bertz CT molecular complexity index is 1440. The normalized spacial score (nSPS) is 13.6. The summed E-state index contributed by atoms with van der Waals surface area (Å²) in [7, 11) is 0. The van der Waals surface area contributed by atoms with Gasteiger partial charge in [0.25, 0.3) is 11.5 Å². The van der Waals surface area contributed by atoms with E-state index >= 15 is 0 Å². The third kappa shape index (κ3) is 3.33. The Morgan fingerprint density at radius 2 is 1.41 bits per heavy atom. The number of aromatic amines is 1. The van der Waals surface area contributed by atoms with E-state index in [1.807, 2.05) is 60.7 Å². The van der Waals surface area contributed by atoms with E-state index in [-0.39, 0.29) is 17.0 Å². The highest BCUT2D eigenvalue weighted by Gasteiger charge is 2.27. The third-order valence-corrected chi connectivity index (χ3v) is 5.32. The summed E-state index contributed by atoms with van der Waals surface area (Å²) in [5.74, 6) is -0.943. The van der Waals surface area contributed by atoms with Crippen molar-refractivity contribution in [1.29, 1.82) is 0 Å². The number of hydrogen-bond donors (Lipinski definition) is 2. The average molecular weight is 419 g/mol. The SMILES string of the molecule is O=C1Nc2ccccc2/C1=C\C(=O)c1c(-c2ccccc2)c(-c2ccccc2)n[nH]c1=O. The molecule has 1 aromatic heterocycles. The van der Waals surface area contributed by atoms with Crippen LogP contribution >= 0.6 is 0 Å². The number of rotatable bonds is 4. The highest BCUT2D eigenvalue weighted by atomic mass is 16.2. The summed E-state index contributed by atoms with van der Waals surface area (Å²) in [4.78, 5) is 38.8. The maximum Gasteiger partial charge on any atom is 0.276 e. The first-order valence-electron chi connectivity index (χ1n) is 10.0. The van der Waals surface area contributed by atoms with Crippen molar-refractivity contribution in [3.63, 3.8) is 0 Å². The van der Waals surface area contributed by atoms with Crippen LogP contribution in [0.25, 0.3) is 28.0 Å². The lowest BCUT2D eigenvalue weighted by atomic mass is 9.92. The number of para-hydroxylation sites is 1. The van der Waals surface area contributed by atoms with Crippen molar-refractivity contribution in [1.82, 2.24) is 10.2 Å². The molecule has 6 nitrogen and oxygen atoms in total. The average Bonchev–Trinajstić information content (AvgIpc) is 3.14. The number of nitrogens with zero attached hydrogens (tertiary/aromatic N) is 1. The van der Waals surface area contributed by atoms with Crippen LogP contribution < -0.4 is 10.9 Å². The van der Waals surface area contributed by atoms with Crippen LogP contribution in [0.4, 0.5) is 5.69 Å². The summed E-state index contributed by atoms with van der Waals surface area (Å²) in [5.41, 5.74) is 3.16. The summed E-state index contributed by atoms with van der Waals surface area (Å²) in [6.07, 6.45) is 1.23. The van der Waals surface area contributed by atoms with Gasteiger partial charge < -0.3 is 5.32 Å². The Labute approximate surface area is 183 Å². The van der Waals surface area contributed by atoms with E-state index in [0.717, 1.165) is 5.56 Å². The van der Waals surface area contributed by atoms with Crippen LogP contribution in [0.3, 0.4) is 0 Å². The first-order valence-corrected chi connectivity index (χ1v) is 10.0. The van der Waals surface area contributed by atoms with E-state index in [1.165, 1.54) is 6.08 Å². The Morgan fingerprint density at radius 3 is 2.12 bits per heavy atom. The van der Waals surface area contributed by atoms with Crippen molar-refractivity contribution in [2.75, 3.05) is 5.32 Å². The molecule has 0 saturated carbocycles. The molecule has 1 aliphatic rings. The number of benzene rings is 3. The molecule has 6 heteroatoms. The fraction of sp³-hybridized carbons (Fsp3) is 0. The molecule has 0 bridgehead atoms. The van der Waals surface area contributed by atoms with Gasteiger partial charge in [-0.2, -0.15) is 5.10 Å². The van der Waals surface area contributed by atoms with Crippen LogP contribution in [-0.4, -0.2) is 21.9 Å². The summed E-state index contributed by atoms with van der Waals surface area (Å²) in [6.45, 7) is 0. The van der Waals surface area contributed by atoms with Crippen LogP contribution in [0, 0.1) is 0 Å². The topological polar surface area (TPSA) is 91.9 Å². The van der Waals surface area contributed by atoms with Gasteiger partial charge >= 0.3 is 0 Å². The Hall–Kier alpha value is -4.58. The van der Waals surface area contributed by atoms with E-state index in [0.29, 0.717) is 28.1 Å². The highest BCUT2D eigenvalue weighted by molar-refractivity contribution is 6.35. The number of fused-ring (bicyclic) bond motifs is 1. The molecule has 0 aliphatic carbocycles. The van der Waals surface area contributed by atoms with Gasteiger partial charge in [-0.1, -0.05) is 78.9 Å². The van der Waals surface area contributed by atoms with Crippen molar-refractivity contribution in [2.24, 2.45) is 0 Å². The van der Waals surface area contributed by atoms with Gasteiger partial charge in [0, 0.05) is 22.4 Å². The maximum atomic E-state index is 13.5. The molecule has 0 atom stereocenters. The number of nitrogens with one attached hydrogen (secondary N) is 2. The molecule has 154 valence electrons. The molecular formula is C26H17N3O3. The number of anilines is 1. The number of aromatic nitrogens is 2. The van der Waals surface area contributed by atoms with Gasteiger partial charge in [-0.3, -0.25) is 14.4 Å². The monoisotopic (exact) mass is 419 g/mol. The molecule has 0 saturated heterocycles. The van der Waals surface area contributed by atoms with Crippen LogP contribution in [-0.2, 0) is 4.79 Å². The van der Waals surface area contributed by atoms with Gasteiger partial charge in [-0.15, -0.1) is 0 Å². The van der Waals surface area contributed by atoms with E-state index in [2.05, 4.69) is 15.5 Å². The quantitative estimate of drug-likeness (QED) is 0.381. The molecule has 0 unspecified atom stereocenters. The zero-order valence-electron chi connectivity index (χ0n) is 16.8. The molecule has 1 amide bonds. The van der Waals surface area contributed by atoms with E-state index in [4.69, 9.17) is 0 Å². The van der Waals surface area contributed by atoms with Crippen LogP contribution in [0.2, 0.25) is 0 Å². The van der Waals surface area contributed by atoms with Gasteiger partial charge in [0.2, 0.25) is 0 Å². The summed E-state index contributed by atoms with van der Waals surface area (Å²) >= 11 is 0. The minimum atomic E-state index is -0.614. The van der Waals surface area contributed by atoms with Crippen molar-refractivity contribution >= 4 is 23.0 Å². The second kappa shape index (κ2) is 7.92. The molecule has 0 fully saturated rings. The van der Waals surface area contributed by atoms with Crippen molar-refractivity contribution < 1.29 is 9.59 Å². The molecule has 5 rings (SSSR count). The molecule has 2 heterocycles. The van der Waals surface area contributed by atoms with E-state index in [9.17, 15) is 14.4 Å². The predicted octanol–water partition coefficient (Wildman–Crippen LogP) is 4.32. The second-order valence-electron chi connectivity index (χ2n) is 7.31. The lowest BCUT2D eigenvalue weighted by Gasteiger charge is -2.12. The first-order chi connectivity index (χ1) is 15.6. The van der Waals surface area contributed by atoms with Crippen LogP contribution in [0.5, 0.6) is 0 Å². The van der Waals surface area contributed by atoms with E-state index < -0.39 is 11.3 Å². The zero-order chi connectivity index (χ0) is 22.1. The van der Waals surface area contributed by atoms with Gasteiger partial charge in [0.1, 0.15) is 0 Å². The van der Waals surface area contributed by atoms with Gasteiger partial charge in [0.05, 0.1) is 16.8 Å². The number of carbonyl (C=O) groups is 2. The Morgan fingerprint density at radius 1 is 0.781 bits per heavy atom. The molecule has 2 N–H and O–H groups in total. The summed E-state index contributed by atoms with van der Waals surface area (Å²) in [6, 6.07) is 25.6. The lowest BCUT2D eigenvalue weighted by Crippen LogP contribution is -2.21. The lowest BCUT2D eigenvalue weighted by molar-refractivity contribution is -0.110.